The number of carbonyl (C=O) groups is 1. The number of nitrogens with zero attached hydrogens (tertiary/aromatic N) is 4. The Morgan fingerprint density at radius 2 is 1.80 bits per heavy atom. The second kappa shape index (κ2) is 7.98. The number of para-hydroxylation sites is 1. The minimum atomic E-state index is -0.399. The molecule has 8 nitrogen and oxygen atoms in total. The summed E-state index contributed by atoms with van der Waals surface area (Å²) in [5.74, 6) is 0.703. The number of nitro groups is 1. The number of rotatable bonds is 4. The minimum Gasteiger partial charge on any atom is -0.497 e. The maximum Gasteiger partial charge on any atom is 0.295 e. The summed E-state index contributed by atoms with van der Waals surface area (Å²) in [6.45, 7) is 4.26. The first-order valence-electron chi connectivity index (χ1n) is 9.71. The number of pyridine rings is 1. The Labute approximate surface area is 173 Å². The molecule has 0 saturated carbocycles. The lowest BCUT2D eigenvalue weighted by Gasteiger charge is -2.36. The van der Waals surface area contributed by atoms with Crippen LogP contribution in [0.2, 0.25) is 0 Å². The van der Waals surface area contributed by atoms with Gasteiger partial charge in [-0.15, -0.1) is 0 Å². The van der Waals surface area contributed by atoms with Crippen molar-refractivity contribution in [3.8, 4) is 5.75 Å². The van der Waals surface area contributed by atoms with Crippen LogP contribution in [0.15, 0.2) is 48.5 Å². The number of ether oxygens (including phenoxy) is 1. The van der Waals surface area contributed by atoms with E-state index >= 15 is 0 Å². The molecule has 2 aromatic carbocycles. The van der Waals surface area contributed by atoms with Crippen LogP contribution in [-0.4, -0.2) is 54.0 Å². The number of fused-ring (bicyclic) bond motifs is 1. The summed E-state index contributed by atoms with van der Waals surface area (Å²) in [4.78, 5) is 32.2. The number of carbonyl (C=O) groups excluding carboxylic acids is 1. The quantitative estimate of drug-likeness (QED) is 0.487. The molecule has 0 atom stereocenters. The number of piperazine rings is 1. The summed E-state index contributed by atoms with van der Waals surface area (Å²) < 4.78 is 5.15. The van der Waals surface area contributed by atoms with Crippen LogP contribution in [0.4, 0.5) is 11.4 Å². The molecule has 1 aliphatic rings. The van der Waals surface area contributed by atoms with E-state index < -0.39 is 4.92 Å². The van der Waals surface area contributed by atoms with Gasteiger partial charge in [0, 0.05) is 54.6 Å². The average molecular weight is 406 g/mol. The van der Waals surface area contributed by atoms with E-state index in [1.165, 1.54) is 6.07 Å². The van der Waals surface area contributed by atoms with E-state index in [2.05, 4.69) is 9.88 Å². The summed E-state index contributed by atoms with van der Waals surface area (Å²) in [7, 11) is 1.59. The second-order valence-electron chi connectivity index (χ2n) is 7.22. The van der Waals surface area contributed by atoms with E-state index in [0.717, 1.165) is 16.8 Å². The summed E-state index contributed by atoms with van der Waals surface area (Å²) in [5.41, 5.74) is 2.67. The predicted molar refractivity (Wildman–Crippen MR) is 114 cm³/mol. The molecule has 0 bridgehead atoms. The minimum absolute atomic E-state index is 0.00534. The summed E-state index contributed by atoms with van der Waals surface area (Å²) in [6.07, 6.45) is 0. The molecule has 0 spiro atoms. The van der Waals surface area contributed by atoms with E-state index in [1.54, 1.807) is 37.4 Å². The number of amides is 1. The molecule has 4 rings (SSSR count). The molecule has 0 radical (unpaired) electrons. The number of nitro benzene ring substituents is 1. The number of anilines is 1. The third kappa shape index (κ3) is 3.63. The Morgan fingerprint density at radius 3 is 2.43 bits per heavy atom. The van der Waals surface area contributed by atoms with Crippen LogP contribution in [0.25, 0.3) is 10.9 Å². The molecule has 30 heavy (non-hydrogen) atoms. The van der Waals surface area contributed by atoms with Gasteiger partial charge in [0.1, 0.15) is 5.75 Å². The van der Waals surface area contributed by atoms with Crippen LogP contribution in [0.3, 0.4) is 0 Å². The van der Waals surface area contributed by atoms with Crippen molar-refractivity contribution in [1.82, 2.24) is 9.88 Å². The van der Waals surface area contributed by atoms with Gasteiger partial charge in [0.2, 0.25) is 0 Å². The lowest BCUT2D eigenvalue weighted by Crippen LogP contribution is -2.48. The van der Waals surface area contributed by atoms with Gasteiger partial charge in [0.25, 0.3) is 11.6 Å². The summed E-state index contributed by atoms with van der Waals surface area (Å²) >= 11 is 0. The van der Waals surface area contributed by atoms with Crippen molar-refractivity contribution in [3.05, 3.63) is 69.9 Å². The highest BCUT2D eigenvalue weighted by Crippen LogP contribution is 2.32. The van der Waals surface area contributed by atoms with Gasteiger partial charge in [-0.3, -0.25) is 14.9 Å². The fraction of sp³-hybridized carbons (Fsp3) is 0.273. The Bertz CT molecular complexity index is 1110. The molecule has 8 heteroatoms. The number of hydrogen-bond donors (Lipinski definition) is 0. The van der Waals surface area contributed by atoms with Crippen molar-refractivity contribution in [2.75, 3.05) is 38.2 Å². The first-order valence-corrected chi connectivity index (χ1v) is 9.71. The maximum atomic E-state index is 12.8. The van der Waals surface area contributed by atoms with Crippen molar-refractivity contribution in [2.45, 2.75) is 6.92 Å². The molecule has 0 N–H and O–H groups in total. The fourth-order valence-electron chi connectivity index (χ4n) is 3.82. The molecule has 0 unspecified atom stereocenters. The third-order valence-corrected chi connectivity index (χ3v) is 5.37. The molecule has 3 aromatic rings. The second-order valence-corrected chi connectivity index (χ2v) is 7.22. The first kappa shape index (κ1) is 19.6. The van der Waals surface area contributed by atoms with Gasteiger partial charge in [0.05, 0.1) is 12.0 Å². The predicted octanol–water partition coefficient (Wildman–Crippen LogP) is 3.42. The molecule has 154 valence electrons. The van der Waals surface area contributed by atoms with E-state index in [4.69, 9.17) is 4.74 Å². The highest BCUT2D eigenvalue weighted by Gasteiger charge is 2.25. The zero-order chi connectivity index (χ0) is 21.3. The van der Waals surface area contributed by atoms with E-state index in [0.29, 0.717) is 43.0 Å². The smallest absolute Gasteiger partial charge is 0.295 e. The monoisotopic (exact) mass is 406 g/mol. The fourth-order valence-corrected chi connectivity index (χ4v) is 3.82. The van der Waals surface area contributed by atoms with Crippen LogP contribution < -0.4 is 9.64 Å². The molecular weight excluding hydrogens is 384 g/mol. The average Bonchev–Trinajstić information content (AvgIpc) is 2.77. The summed E-state index contributed by atoms with van der Waals surface area (Å²) in [6, 6.07) is 14.1. The lowest BCUT2D eigenvalue weighted by molar-refractivity contribution is -0.383. The first-order chi connectivity index (χ1) is 14.5. The van der Waals surface area contributed by atoms with E-state index in [1.807, 2.05) is 24.0 Å². The normalized spacial score (nSPS) is 14.1. The van der Waals surface area contributed by atoms with Crippen molar-refractivity contribution in [3.63, 3.8) is 0 Å². The number of benzene rings is 2. The highest BCUT2D eigenvalue weighted by atomic mass is 16.6. The maximum absolute atomic E-state index is 12.8. The molecule has 1 aromatic heterocycles. The number of aromatic nitrogens is 1. The van der Waals surface area contributed by atoms with Crippen molar-refractivity contribution in [1.29, 1.82) is 0 Å². The molecule has 1 saturated heterocycles. The lowest BCUT2D eigenvalue weighted by atomic mass is 10.1. The van der Waals surface area contributed by atoms with Gasteiger partial charge >= 0.3 is 0 Å². The van der Waals surface area contributed by atoms with Gasteiger partial charge in [0.15, 0.2) is 5.52 Å². The van der Waals surface area contributed by atoms with Crippen LogP contribution in [0.5, 0.6) is 5.75 Å². The van der Waals surface area contributed by atoms with Gasteiger partial charge in [-0.2, -0.15) is 0 Å². The van der Waals surface area contributed by atoms with Crippen LogP contribution in [-0.2, 0) is 0 Å². The number of hydrogen-bond acceptors (Lipinski definition) is 6. The van der Waals surface area contributed by atoms with Gasteiger partial charge in [-0.1, -0.05) is 12.1 Å². The zero-order valence-corrected chi connectivity index (χ0v) is 16.9. The van der Waals surface area contributed by atoms with E-state index in [-0.39, 0.29) is 11.6 Å². The standard InChI is InChI=1S/C22H22N4O4/c1-15-14-20(18-4-3-5-19(26(28)29)21(18)23-15)24-10-12-25(13-11-24)22(27)16-6-8-17(30-2)9-7-16/h3-9,14H,10-13H2,1-2H3. The molecular formula is C22H22N4O4. The molecule has 1 amide bonds. The Kier molecular flexibility index (Phi) is 5.22. The van der Waals surface area contributed by atoms with Crippen molar-refractivity contribution < 1.29 is 14.5 Å². The summed E-state index contributed by atoms with van der Waals surface area (Å²) in [5, 5.41) is 12.2. The Morgan fingerprint density at radius 1 is 1.10 bits per heavy atom. The third-order valence-electron chi connectivity index (χ3n) is 5.37. The zero-order valence-electron chi connectivity index (χ0n) is 16.9. The van der Waals surface area contributed by atoms with Crippen molar-refractivity contribution in [2.24, 2.45) is 0 Å². The van der Waals surface area contributed by atoms with Gasteiger partial charge in [-0.05, 0) is 37.3 Å². The van der Waals surface area contributed by atoms with Crippen LogP contribution in [0, 0.1) is 17.0 Å². The topological polar surface area (TPSA) is 88.8 Å². The molecule has 1 fully saturated rings. The SMILES string of the molecule is COc1ccc(C(=O)N2CCN(c3cc(C)nc4c([N+](=O)[O-])cccc34)CC2)cc1. The molecule has 1 aliphatic heterocycles. The number of aryl methyl sites for hydroxylation is 1. The number of non-ortho nitro benzene ring substituents is 1. The molecule has 0 aliphatic carbocycles. The van der Waals surface area contributed by atoms with Gasteiger partial charge < -0.3 is 14.5 Å². The highest BCUT2D eigenvalue weighted by molar-refractivity contribution is 5.97. The van der Waals surface area contributed by atoms with Crippen molar-refractivity contribution >= 4 is 28.2 Å². The Hall–Kier alpha value is -3.68. The Balaban J connectivity index is 1.55. The van der Waals surface area contributed by atoms with Crippen LogP contribution in [0.1, 0.15) is 16.1 Å². The van der Waals surface area contributed by atoms with E-state index in [9.17, 15) is 14.9 Å². The van der Waals surface area contributed by atoms with Crippen LogP contribution >= 0.6 is 0 Å². The molecule has 2 heterocycles. The number of methoxy groups -OCH3 is 1. The van der Waals surface area contributed by atoms with Gasteiger partial charge in [-0.25, -0.2) is 4.98 Å². The largest absolute Gasteiger partial charge is 0.497 e.